The molecule has 13 heavy (non-hydrogen) atoms. The van der Waals surface area contributed by atoms with Crippen LogP contribution in [0.4, 0.5) is 0 Å². The molecule has 0 aliphatic heterocycles. The second-order valence-electron chi connectivity index (χ2n) is 3.03. The molecule has 0 spiro atoms. The zero-order valence-electron chi connectivity index (χ0n) is 7.76. The van der Waals surface area contributed by atoms with Crippen LogP contribution < -0.4 is 5.32 Å². The van der Waals surface area contributed by atoms with E-state index in [2.05, 4.69) is 59.0 Å². The Hall–Kier alpha value is -0.600. The van der Waals surface area contributed by atoms with Gasteiger partial charge in [0.05, 0.1) is 0 Å². The van der Waals surface area contributed by atoms with Crippen LogP contribution in [0.25, 0.3) is 0 Å². The van der Waals surface area contributed by atoms with Crippen molar-refractivity contribution in [3.05, 3.63) is 47.0 Å². The number of halogens is 1. The van der Waals surface area contributed by atoms with Crippen LogP contribution in [-0.2, 0) is 0 Å². The monoisotopic (exact) mass is 239 g/mol. The summed E-state index contributed by atoms with van der Waals surface area (Å²) in [6, 6.07) is 10.7. The second kappa shape index (κ2) is 5.20. The lowest BCUT2D eigenvalue weighted by Crippen LogP contribution is -2.19. The van der Waals surface area contributed by atoms with E-state index in [1.54, 1.807) is 0 Å². The molecule has 70 valence electrons. The van der Waals surface area contributed by atoms with E-state index in [-0.39, 0.29) is 0 Å². The Labute approximate surface area is 88.0 Å². The van der Waals surface area contributed by atoms with Gasteiger partial charge in [0.2, 0.25) is 0 Å². The lowest BCUT2D eigenvalue weighted by atomic mass is 10.1. The van der Waals surface area contributed by atoms with E-state index in [1.165, 1.54) is 5.56 Å². The van der Waals surface area contributed by atoms with E-state index in [0.29, 0.717) is 6.04 Å². The summed E-state index contributed by atoms with van der Waals surface area (Å²) >= 11 is 3.32. The normalized spacial score (nSPS) is 12.5. The molecule has 1 rings (SSSR count). The van der Waals surface area contributed by atoms with Crippen molar-refractivity contribution in [2.24, 2.45) is 0 Å². The van der Waals surface area contributed by atoms with E-state index in [0.717, 1.165) is 11.0 Å². The Kier molecular flexibility index (Phi) is 4.19. The van der Waals surface area contributed by atoms with Crippen molar-refractivity contribution >= 4 is 15.9 Å². The first-order valence-electron chi connectivity index (χ1n) is 4.32. The molecule has 0 bridgehead atoms. The van der Waals surface area contributed by atoms with Crippen LogP contribution in [0.3, 0.4) is 0 Å². The fraction of sp³-hybridized carbons (Fsp3) is 0.273. The molecule has 0 unspecified atom stereocenters. The third kappa shape index (κ3) is 3.75. The predicted octanol–water partition coefficient (Wildman–Crippen LogP) is 3.25. The molecule has 1 aromatic carbocycles. The first kappa shape index (κ1) is 10.5. The van der Waals surface area contributed by atoms with Gasteiger partial charge in [-0.25, -0.2) is 0 Å². The lowest BCUT2D eigenvalue weighted by molar-refractivity contribution is 0.616. The third-order valence-corrected chi connectivity index (χ3v) is 2.18. The van der Waals surface area contributed by atoms with Crippen molar-refractivity contribution in [1.29, 1.82) is 0 Å². The van der Waals surface area contributed by atoms with Crippen LogP contribution in [0.15, 0.2) is 41.4 Å². The van der Waals surface area contributed by atoms with Crippen molar-refractivity contribution in [3.8, 4) is 0 Å². The van der Waals surface area contributed by atoms with Crippen molar-refractivity contribution in [2.75, 3.05) is 6.54 Å². The largest absolute Gasteiger partial charge is 0.306 e. The molecule has 0 saturated carbocycles. The Morgan fingerprint density at radius 1 is 1.46 bits per heavy atom. The van der Waals surface area contributed by atoms with Crippen LogP contribution in [0.1, 0.15) is 18.5 Å². The molecule has 0 aliphatic rings. The zero-order chi connectivity index (χ0) is 9.68. The van der Waals surface area contributed by atoms with Crippen LogP contribution in [0, 0.1) is 0 Å². The molecule has 0 aromatic heterocycles. The molecule has 1 nitrogen and oxygen atoms in total. The van der Waals surface area contributed by atoms with Gasteiger partial charge in [-0.05, 0) is 12.5 Å². The molecule has 0 radical (unpaired) electrons. The summed E-state index contributed by atoms with van der Waals surface area (Å²) in [4.78, 5) is 0. The van der Waals surface area contributed by atoms with Gasteiger partial charge >= 0.3 is 0 Å². The van der Waals surface area contributed by atoms with Gasteiger partial charge in [-0.1, -0.05) is 52.8 Å². The summed E-state index contributed by atoms with van der Waals surface area (Å²) in [5, 5.41) is 3.35. The molecule has 1 N–H and O–H groups in total. The van der Waals surface area contributed by atoms with Crippen LogP contribution in [0.2, 0.25) is 0 Å². The highest BCUT2D eigenvalue weighted by Gasteiger charge is 2.02. The van der Waals surface area contributed by atoms with E-state index in [4.69, 9.17) is 0 Å². The maximum absolute atomic E-state index is 3.77. The summed E-state index contributed by atoms with van der Waals surface area (Å²) in [6.45, 7) is 6.72. The van der Waals surface area contributed by atoms with Crippen molar-refractivity contribution in [2.45, 2.75) is 13.0 Å². The van der Waals surface area contributed by atoms with Gasteiger partial charge in [0.1, 0.15) is 0 Å². The molecule has 0 amide bonds. The van der Waals surface area contributed by atoms with Gasteiger partial charge < -0.3 is 5.32 Å². The van der Waals surface area contributed by atoms with Gasteiger partial charge in [0.15, 0.2) is 0 Å². The minimum Gasteiger partial charge on any atom is -0.306 e. The van der Waals surface area contributed by atoms with Crippen molar-refractivity contribution < 1.29 is 0 Å². The summed E-state index contributed by atoms with van der Waals surface area (Å²) in [5.74, 6) is 0. The standard InChI is InChI=1S/C11H14BrN/c1-9(12)8-13-10(2)11-6-4-3-5-7-11/h3-7,10,13H,1,8H2,2H3/t10-/m1/s1. The van der Waals surface area contributed by atoms with Crippen LogP contribution in [-0.4, -0.2) is 6.54 Å². The number of rotatable bonds is 4. The number of nitrogens with one attached hydrogen (secondary N) is 1. The van der Waals surface area contributed by atoms with Gasteiger partial charge in [-0.3, -0.25) is 0 Å². The summed E-state index contributed by atoms with van der Waals surface area (Å²) in [5.41, 5.74) is 1.30. The molecule has 0 aliphatic carbocycles. The second-order valence-corrected chi connectivity index (χ2v) is 4.15. The third-order valence-electron chi connectivity index (χ3n) is 1.90. The Morgan fingerprint density at radius 2 is 2.08 bits per heavy atom. The summed E-state index contributed by atoms with van der Waals surface area (Å²) in [6.07, 6.45) is 0. The molecule has 0 fully saturated rings. The Balaban J connectivity index is 2.49. The Bertz CT molecular complexity index is 269. The number of hydrogen-bond acceptors (Lipinski definition) is 1. The molecule has 1 atom stereocenters. The fourth-order valence-electron chi connectivity index (χ4n) is 1.12. The quantitative estimate of drug-likeness (QED) is 0.851. The fourth-order valence-corrected chi connectivity index (χ4v) is 1.29. The maximum Gasteiger partial charge on any atom is 0.0295 e. The first-order valence-corrected chi connectivity index (χ1v) is 5.11. The Morgan fingerprint density at radius 3 is 2.62 bits per heavy atom. The minimum absolute atomic E-state index is 0.371. The van der Waals surface area contributed by atoms with Gasteiger partial charge in [0, 0.05) is 17.1 Å². The summed E-state index contributed by atoms with van der Waals surface area (Å²) in [7, 11) is 0. The highest BCUT2D eigenvalue weighted by atomic mass is 79.9. The van der Waals surface area contributed by atoms with Gasteiger partial charge in [-0.15, -0.1) is 0 Å². The molecular weight excluding hydrogens is 226 g/mol. The lowest BCUT2D eigenvalue weighted by Gasteiger charge is -2.13. The highest BCUT2D eigenvalue weighted by Crippen LogP contribution is 2.11. The summed E-state index contributed by atoms with van der Waals surface area (Å²) < 4.78 is 0.982. The van der Waals surface area contributed by atoms with Crippen molar-refractivity contribution in [1.82, 2.24) is 5.32 Å². The van der Waals surface area contributed by atoms with E-state index >= 15 is 0 Å². The van der Waals surface area contributed by atoms with Crippen LogP contribution in [0.5, 0.6) is 0 Å². The van der Waals surface area contributed by atoms with Gasteiger partial charge in [0.25, 0.3) is 0 Å². The topological polar surface area (TPSA) is 12.0 Å². The maximum atomic E-state index is 3.77. The smallest absolute Gasteiger partial charge is 0.0295 e. The van der Waals surface area contributed by atoms with Gasteiger partial charge in [-0.2, -0.15) is 0 Å². The minimum atomic E-state index is 0.371. The average molecular weight is 240 g/mol. The van der Waals surface area contributed by atoms with E-state index in [9.17, 15) is 0 Å². The predicted molar refractivity (Wildman–Crippen MR) is 60.9 cm³/mol. The van der Waals surface area contributed by atoms with Crippen molar-refractivity contribution in [3.63, 3.8) is 0 Å². The molecule has 0 heterocycles. The molecule has 2 heteroatoms. The SMILES string of the molecule is C=C(Br)CN[C@H](C)c1ccccc1. The number of hydrogen-bond donors (Lipinski definition) is 1. The van der Waals surface area contributed by atoms with E-state index < -0.39 is 0 Å². The molecule has 1 aromatic rings. The number of benzene rings is 1. The van der Waals surface area contributed by atoms with Crippen LogP contribution >= 0.6 is 15.9 Å². The average Bonchev–Trinajstić information content (AvgIpc) is 2.15. The molecule has 0 saturated heterocycles. The molecular formula is C11H14BrN. The zero-order valence-corrected chi connectivity index (χ0v) is 9.34. The first-order chi connectivity index (χ1) is 6.20. The highest BCUT2D eigenvalue weighted by molar-refractivity contribution is 9.11. The van der Waals surface area contributed by atoms with E-state index in [1.807, 2.05) is 6.07 Å².